The van der Waals surface area contributed by atoms with Gasteiger partial charge in [0.05, 0.1) is 13.0 Å². The smallest absolute Gasteiger partial charge is 0.321 e. The van der Waals surface area contributed by atoms with Crippen LogP contribution in [0.15, 0.2) is 4.99 Å². The van der Waals surface area contributed by atoms with Crippen molar-refractivity contribution in [3.05, 3.63) is 0 Å². The number of rotatable bonds is 6. The van der Waals surface area contributed by atoms with Crippen LogP contribution < -0.4 is 5.73 Å². The standard InChI is InChI=1S/C7H12N2O5/c1-2-13-14-4-9-6(10)3-5(8)7(11)12/h4-5H,2-3,8H2,1H3,(H,11,12)/b9-4+. The highest BCUT2D eigenvalue weighted by Gasteiger charge is 2.15. The Morgan fingerprint density at radius 1 is 1.64 bits per heavy atom. The summed E-state index contributed by atoms with van der Waals surface area (Å²) >= 11 is 0. The van der Waals surface area contributed by atoms with Crippen molar-refractivity contribution in [1.29, 1.82) is 0 Å². The molecule has 0 radical (unpaired) electrons. The fourth-order valence-electron chi connectivity index (χ4n) is 0.507. The van der Waals surface area contributed by atoms with Gasteiger partial charge in [-0.15, -0.1) is 0 Å². The molecule has 0 aliphatic carbocycles. The minimum atomic E-state index is -1.25. The highest BCUT2D eigenvalue weighted by Crippen LogP contribution is 1.91. The van der Waals surface area contributed by atoms with Crippen LogP contribution in [0.1, 0.15) is 13.3 Å². The number of hydrogen-bond acceptors (Lipinski definition) is 5. The second-order valence-corrected chi connectivity index (χ2v) is 2.28. The van der Waals surface area contributed by atoms with Crippen LogP contribution >= 0.6 is 0 Å². The topological polar surface area (TPSA) is 111 Å². The van der Waals surface area contributed by atoms with Gasteiger partial charge in [0.15, 0.2) is 0 Å². The third-order valence-corrected chi connectivity index (χ3v) is 1.14. The quantitative estimate of drug-likeness (QED) is 0.195. The summed E-state index contributed by atoms with van der Waals surface area (Å²) in [5, 5.41) is 8.36. The van der Waals surface area contributed by atoms with Gasteiger partial charge in [-0.2, -0.15) is 9.88 Å². The van der Waals surface area contributed by atoms with Crippen molar-refractivity contribution in [3.63, 3.8) is 0 Å². The molecular weight excluding hydrogens is 192 g/mol. The van der Waals surface area contributed by atoms with Crippen molar-refractivity contribution in [2.45, 2.75) is 19.4 Å². The Morgan fingerprint density at radius 2 is 2.29 bits per heavy atom. The highest BCUT2D eigenvalue weighted by molar-refractivity contribution is 5.87. The first kappa shape index (κ1) is 12.5. The third kappa shape index (κ3) is 6.09. The summed E-state index contributed by atoms with van der Waals surface area (Å²) in [6.07, 6.45) is 0.418. The molecule has 0 aromatic rings. The van der Waals surface area contributed by atoms with Crippen molar-refractivity contribution in [1.82, 2.24) is 0 Å². The van der Waals surface area contributed by atoms with Gasteiger partial charge >= 0.3 is 5.97 Å². The maximum absolute atomic E-state index is 10.8. The lowest BCUT2D eigenvalue weighted by Crippen LogP contribution is -2.32. The minimum Gasteiger partial charge on any atom is -0.480 e. The largest absolute Gasteiger partial charge is 0.480 e. The number of carboxylic acids is 1. The normalized spacial score (nSPS) is 12.7. The van der Waals surface area contributed by atoms with Gasteiger partial charge in [0, 0.05) is 0 Å². The van der Waals surface area contributed by atoms with E-state index in [1.165, 1.54) is 0 Å². The number of carboxylic acid groups (broad SMARTS) is 1. The Bertz CT molecular complexity index is 228. The van der Waals surface area contributed by atoms with Crippen LogP contribution in [0.4, 0.5) is 0 Å². The predicted octanol–water partition coefficient (Wildman–Crippen LogP) is -0.689. The highest BCUT2D eigenvalue weighted by atomic mass is 17.2. The Hall–Kier alpha value is -1.47. The summed E-state index contributed by atoms with van der Waals surface area (Å²) in [6.45, 7) is 2.00. The van der Waals surface area contributed by atoms with E-state index in [0.29, 0.717) is 6.61 Å². The molecule has 7 heteroatoms. The van der Waals surface area contributed by atoms with Gasteiger partial charge < -0.3 is 15.7 Å². The van der Waals surface area contributed by atoms with Gasteiger partial charge in [-0.3, -0.25) is 9.59 Å². The SMILES string of the molecule is CCOO/C=N/C(=O)CC(N)C(=O)O. The van der Waals surface area contributed by atoms with Gasteiger partial charge in [0.1, 0.15) is 6.04 Å². The molecule has 80 valence electrons. The van der Waals surface area contributed by atoms with Crippen LogP contribution in [0.5, 0.6) is 0 Å². The first-order chi connectivity index (χ1) is 6.57. The van der Waals surface area contributed by atoms with Crippen LogP contribution in [-0.2, 0) is 19.4 Å². The number of carbonyl (C=O) groups is 2. The lowest BCUT2D eigenvalue weighted by atomic mass is 10.2. The van der Waals surface area contributed by atoms with Gasteiger partial charge in [0.25, 0.3) is 5.91 Å². The minimum absolute atomic E-state index is 0.314. The average Bonchev–Trinajstić information content (AvgIpc) is 2.12. The molecule has 1 unspecified atom stereocenters. The number of hydrogen-bond donors (Lipinski definition) is 2. The summed E-state index contributed by atoms with van der Waals surface area (Å²) in [4.78, 5) is 33.0. The summed E-state index contributed by atoms with van der Waals surface area (Å²) < 4.78 is 0. The molecule has 14 heavy (non-hydrogen) atoms. The summed E-state index contributed by atoms with van der Waals surface area (Å²) in [5.74, 6) is -1.93. The van der Waals surface area contributed by atoms with E-state index in [9.17, 15) is 9.59 Å². The number of carbonyl (C=O) groups excluding carboxylic acids is 1. The van der Waals surface area contributed by atoms with Gasteiger partial charge in [-0.1, -0.05) is 0 Å². The maximum atomic E-state index is 10.8. The lowest BCUT2D eigenvalue weighted by Gasteiger charge is -2.00. The average molecular weight is 204 g/mol. The van der Waals surface area contributed by atoms with E-state index in [1.807, 2.05) is 0 Å². The molecule has 0 aliphatic heterocycles. The monoisotopic (exact) mass is 204 g/mol. The number of nitrogens with two attached hydrogens (primary N) is 1. The van der Waals surface area contributed by atoms with E-state index in [0.717, 1.165) is 6.40 Å². The molecule has 0 saturated heterocycles. The Labute approximate surface area is 80.4 Å². The summed E-state index contributed by atoms with van der Waals surface area (Å²) in [6, 6.07) is -1.24. The van der Waals surface area contributed by atoms with Crippen LogP contribution in [0, 0.1) is 0 Å². The van der Waals surface area contributed by atoms with E-state index < -0.39 is 17.9 Å². The molecule has 7 nitrogen and oxygen atoms in total. The van der Waals surface area contributed by atoms with E-state index in [4.69, 9.17) is 10.8 Å². The van der Waals surface area contributed by atoms with Gasteiger partial charge in [-0.25, -0.2) is 0 Å². The molecule has 0 aromatic heterocycles. The zero-order chi connectivity index (χ0) is 11.0. The molecule has 0 saturated carbocycles. The molecule has 0 rings (SSSR count). The van der Waals surface area contributed by atoms with Crippen LogP contribution in [0.25, 0.3) is 0 Å². The van der Waals surface area contributed by atoms with Crippen molar-refractivity contribution < 1.29 is 24.5 Å². The van der Waals surface area contributed by atoms with Crippen LogP contribution in [0.3, 0.4) is 0 Å². The first-order valence-electron chi connectivity index (χ1n) is 3.90. The Kier molecular flexibility index (Phi) is 6.25. The maximum Gasteiger partial charge on any atom is 0.321 e. The molecule has 0 spiro atoms. The van der Waals surface area contributed by atoms with Crippen LogP contribution in [0.2, 0.25) is 0 Å². The van der Waals surface area contributed by atoms with E-state index in [1.54, 1.807) is 6.92 Å². The second kappa shape index (κ2) is 6.98. The molecular formula is C7H12N2O5. The molecule has 0 fully saturated rings. The predicted molar refractivity (Wildman–Crippen MR) is 46.4 cm³/mol. The van der Waals surface area contributed by atoms with Crippen molar-refractivity contribution >= 4 is 18.3 Å². The number of nitrogens with zero attached hydrogens (tertiary/aromatic N) is 1. The Morgan fingerprint density at radius 3 is 2.79 bits per heavy atom. The molecule has 0 aromatic carbocycles. The summed E-state index contributed by atoms with van der Waals surface area (Å²) in [5.41, 5.74) is 5.08. The zero-order valence-electron chi connectivity index (χ0n) is 7.67. The van der Waals surface area contributed by atoms with Crippen molar-refractivity contribution in [2.75, 3.05) is 6.61 Å². The number of amides is 1. The van der Waals surface area contributed by atoms with E-state index in [-0.39, 0.29) is 6.42 Å². The van der Waals surface area contributed by atoms with Crippen molar-refractivity contribution in [3.8, 4) is 0 Å². The lowest BCUT2D eigenvalue weighted by molar-refractivity contribution is -0.211. The summed E-state index contributed by atoms with van der Waals surface area (Å²) in [7, 11) is 0. The fraction of sp³-hybridized carbons (Fsp3) is 0.571. The zero-order valence-corrected chi connectivity index (χ0v) is 7.67. The first-order valence-corrected chi connectivity index (χ1v) is 3.90. The molecule has 1 amide bonds. The van der Waals surface area contributed by atoms with Gasteiger partial charge in [-0.05, 0) is 6.92 Å². The molecule has 0 heterocycles. The number of aliphatic carboxylic acids is 1. The molecule has 1 atom stereocenters. The third-order valence-electron chi connectivity index (χ3n) is 1.14. The number of aliphatic imine (C=N–C) groups is 1. The second-order valence-electron chi connectivity index (χ2n) is 2.28. The fourth-order valence-corrected chi connectivity index (χ4v) is 0.507. The molecule has 0 aliphatic rings. The van der Waals surface area contributed by atoms with Crippen molar-refractivity contribution in [2.24, 2.45) is 10.7 Å². The molecule has 0 bridgehead atoms. The molecule has 3 N–H and O–H groups in total. The van der Waals surface area contributed by atoms with E-state index in [2.05, 4.69) is 14.8 Å². The van der Waals surface area contributed by atoms with E-state index >= 15 is 0 Å². The van der Waals surface area contributed by atoms with Gasteiger partial charge in [0.2, 0.25) is 6.40 Å². The Balaban J connectivity index is 3.75. The van der Waals surface area contributed by atoms with Crippen LogP contribution in [-0.4, -0.2) is 36.0 Å².